The Kier molecular flexibility index (Phi) is 3.15. The van der Waals surface area contributed by atoms with Crippen molar-refractivity contribution in [1.29, 1.82) is 0 Å². The fourth-order valence-corrected chi connectivity index (χ4v) is 4.02. The Labute approximate surface area is 119 Å². The van der Waals surface area contributed by atoms with Crippen LogP contribution >= 0.6 is 11.8 Å². The van der Waals surface area contributed by atoms with E-state index >= 15 is 0 Å². The van der Waals surface area contributed by atoms with E-state index in [9.17, 15) is 0 Å². The molecule has 0 radical (unpaired) electrons. The summed E-state index contributed by atoms with van der Waals surface area (Å²) in [4.78, 5) is 1.36. The molecule has 2 N–H and O–H groups in total. The van der Waals surface area contributed by atoms with Crippen molar-refractivity contribution >= 4 is 11.8 Å². The van der Waals surface area contributed by atoms with Gasteiger partial charge in [0.2, 0.25) is 0 Å². The Balaban J connectivity index is 2.25. The standard InChI is InChI=1S/C17H19NS/c1-17(2,18)16-13-8-4-3-7-12(13)11-19-15-10-6-5-9-14(15)16/h3-10,16H,11,18H2,1-2H3. The van der Waals surface area contributed by atoms with Crippen molar-refractivity contribution in [3.63, 3.8) is 0 Å². The maximum Gasteiger partial charge on any atom is 0.0278 e. The van der Waals surface area contributed by atoms with Crippen LogP contribution in [-0.2, 0) is 5.75 Å². The van der Waals surface area contributed by atoms with Crippen LogP contribution < -0.4 is 5.73 Å². The molecule has 1 heterocycles. The average molecular weight is 269 g/mol. The van der Waals surface area contributed by atoms with E-state index in [2.05, 4.69) is 62.4 Å². The van der Waals surface area contributed by atoms with Crippen LogP contribution in [0.1, 0.15) is 36.5 Å². The molecule has 0 saturated heterocycles. The Hall–Kier alpha value is -1.25. The van der Waals surface area contributed by atoms with Crippen LogP contribution in [0.2, 0.25) is 0 Å². The van der Waals surface area contributed by atoms with Gasteiger partial charge in [-0.2, -0.15) is 0 Å². The van der Waals surface area contributed by atoms with Crippen molar-refractivity contribution in [1.82, 2.24) is 0 Å². The summed E-state index contributed by atoms with van der Waals surface area (Å²) in [5.41, 5.74) is 10.4. The minimum atomic E-state index is -0.267. The summed E-state index contributed by atoms with van der Waals surface area (Å²) in [5, 5.41) is 0. The summed E-state index contributed by atoms with van der Waals surface area (Å²) in [6.07, 6.45) is 0. The summed E-state index contributed by atoms with van der Waals surface area (Å²) in [7, 11) is 0. The monoisotopic (exact) mass is 269 g/mol. The molecule has 1 unspecified atom stereocenters. The highest BCUT2D eigenvalue weighted by Crippen LogP contribution is 2.44. The zero-order chi connectivity index (χ0) is 13.5. The van der Waals surface area contributed by atoms with Crippen LogP contribution in [-0.4, -0.2) is 5.54 Å². The van der Waals surface area contributed by atoms with Crippen LogP contribution in [0.25, 0.3) is 0 Å². The molecular weight excluding hydrogens is 250 g/mol. The molecule has 0 spiro atoms. The van der Waals surface area contributed by atoms with Crippen molar-refractivity contribution < 1.29 is 0 Å². The van der Waals surface area contributed by atoms with Crippen LogP contribution in [0.15, 0.2) is 53.4 Å². The first kappa shape index (κ1) is 12.8. The van der Waals surface area contributed by atoms with Crippen LogP contribution in [0.5, 0.6) is 0 Å². The Morgan fingerprint density at radius 1 is 1.00 bits per heavy atom. The largest absolute Gasteiger partial charge is 0.325 e. The predicted octanol–water partition coefficient (Wildman–Crippen LogP) is 4.16. The summed E-state index contributed by atoms with van der Waals surface area (Å²) in [6, 6.07) is 17.4. The molecular formula is C17H19NS. The first-order chi connectivity index (χ1) is 9.07. The van der Waals surface area contributed by atoms with Gasteiger partial charge >= 0.3 is 0 Å². The summed E-state index contributed by atoms with van der Waals surface area (Å²) in [5.74, 6) is 1.29. The van der Waals surface area contributed by atoms with Crippen molar-refractivity contribution in [3.8, 4) is 0 Å². The number of hydrogen-bond donors (Lipinski definition) is 1. The van der Waals surface area contributed by atoms with Crippen LogP contribution in [0.3, 0.4) is 0 Å². The van der Waals surface area contributed by atoms with Gasteiger partial charge in [-0.3, -0.25) is 0 Å². The van der Waals surface area contributed by atoms with Gasteiger partial charge in [0.05, 0.1) is 0 Å². The van der Waals surface area contributed by atoms with Crippen LogP contribution in [0, 0.1) is 0 Å². The molecule has 98 valence electrons. The maximum atomic E-state index is 6.50. The molecule has 0 bridgehead atoms. The maximum absolute atomic E-state index is 6.50. The van der Waals surface area contributed by atoms with Crippen LogP contribution in [0.4, 0.5) is 0 Å². The molecule has 0 aromatic heterocycles. The van der Waals surface area contributed by atoms with Gasteiger partial charge in [-0.1, -0.05) is 42.5 Å². The van der Waals surface area contributed by atoms with Gasteiger partial charge in [-0.15, -0.1) is 11.8 Å². The zero-order valence-corrected chi connectivity index (χ0v) is 12.2. The number of fused-ring (bicyclic) bond motifs is 2. The lowest BCUT2D eigenvalue weighted by Gasteiger charge is -2.32. The first-order valence-electron chi connectivity index (χ1n) is 6.66. The molecule has 0 amide bonds. The summed E-state index contributed by atoms with van der Waals surface area (Å²) in [6.45, 7) is 4.25. The second kappa shape index (κ2) is 4.69. The van der Waals surface area contributed by atoms with Gasteiger partial charge in [0.25, 0.3) is 0 Å². The molecule has 0 saturated carbocycles. The highest BCUT2D eigenvalue weighted by Gasteiger charge is 2.33. The number of benzene rings is 2. The fraction of sp³-hybridized carbons (Fsp3) is 0.294. The van der Waals surface area contributed by atoms with Crippen molar-refractivity contribution in [2.45, 2.75) is 36.0 Å². The number of rotatable bonds is 1. The summed E-state index contributed by atoms with van der Waals surface area (Å²) < 4.78 is 0. The third-order valence-corrected chi connectivity index (χ3v) is 4.86. The number of nitrogens with two attached hydrogens (primary N) is 1. The normalized spacial score (nSPS) is 18.4. The molecule has 0 aliphatic carbocycles. The SMILES string of the molecule is CC(C)(N)C1c2ccccc2CSc2ccccc21. The van der Waals surface area contributed by atoms with E-state index < -0.39 is 0 Å². The molecule has 1 aliphatic heterocycles. The van der Waals surface area contributed by atoms with E-state index in [1.54, 1.807) is 0 Å². The second-order valence-corrected chi connectivity index (χ2v) is 6.80. The van der Waals surface area contributed by atoms with Crippen molar-refractivity contribution in [2.75, 3.05) is 0 Å². The molecule has 1 atom stereocenters. The van der Waals surface area contributed by atoms with Gasteiger partial charge in [-0.05, 0) is 36.6 Å². The Bertz CT molecular complexity index is 551. The predicted molar refractivity (Wildman–Crippen MR) is 82.6 cm³/mol. The molecule has 2 aromatic rings. The van der Waals surface area contributed by atoms with E-state index in [-0.39, 0.29) is 11.5 Å². The van der Waals surface area contributed by atoms with Gasteiger partial charge in [0, 0.05) is 22.1 Å². The third-order valence-electron chi connectivity index (χ3n) is 3.72. The lowest BCUT2D eigenvalue weighted by atomic mass is 9.76. The van der Waals surface area contributed by atoms with Gasteiger partial charge in [-0.25, -0.2) is 0 Å². The highest BCUT2D eigenvalue weighted by atomic mass is 32.2. The molecule has 0 fully saturated rings. The topological polar surface area (TPSA) is 26.0 Å². The molecule has 1 nitrogen and oxygen atoms in total. The van der Waals surface area contributed by atoms with Gasteiger partial charge in [0.1, 0.15) is 0 Å². The van der Waals surface area contributed by atoms with E-state index in [1.807, 2.05) is 11.8 Å². The quantitative estimate of drug-likeness (QED) is 0.841. The fourth-order valence-electron chi connectivity index (χ4n) is 2.92. The van der Waals surface area contributed by atoms with E-state index in [1.165, 1.54) is 21.6 Å². The zero-order valence-electron chi connectivity index (χ0n) is 11.4. The first-order valence-corrected chi connectivity index (χ1v) is 7.64. The molecule has 3 rings (SSSR count). The molecule has 19 heavy (non-hydrogen) atoms. The van der Waals surface area contributed by atoms with E-state index in [4.69, 9.17) is 5.73 Å². The molecule has 1 aliphatic rings. The van der Waals surface area contributed by atoms with Crippen molar-refractivity contribution in [2.24, 2.45) is 5.73 Å². The van der Waals surface area contributed by atoms with Gasteiger partial charge < -0.3 is 5.73 Å². The lowest BCUT2D eigenvalue weighted by Crippen LogP contribution is -2.40. The van der Waals surface area contributed by atoms with E-state index in [0.29, 0.717) is 0 Å². The van der Waals surface area contributed by atoms with Gasteiger partial charge in [0.15, 0.2) is 0 Å². The summed E-state index contributed by atoms with van der Waals surface area (Å²) >= 11 is 1.92. The van der Waals surface area contributed by atoms with Crippen molar-refractivity contribution in [3.05, 3.63) is 65.2 Å². The Morgan fingerprint density at radius 3 is 2.37 bits per heavy atom. The third kappa shape index (κ3) is 2.31. The average Bonchev–Trinajstić information content (AvgIpc) is 2.54. The highest BCUT2D eigenvalue weighted by molar-refractivity contribution is 7.98. The smallest absolute Gasteiger partial charge is 0.0278 e. The van der Waals surface area contributed by atoms with E-state index in [0.717, 1.165) is 5.75 Å². The minimum absolute atomic E-state index is 0.259. The number of thioether (sulfide) groups is 1. The second-order valence-electron chi connectivity index (χ2n) is 5.78. The minimum Gasteiger partial charge on any atom is -0.325 e. The molecule has 2 heteroatoms. The molecule has 2 aromatic carbocycles. The lowest BCUT2D eigenvalue weighted by molar-refractivity contribution is 0.452. The number of hydrogen-bond acceptors (Lipinski definition) is 2. The Morgan fingerprint density at radius 2 is 1.63 bits per heavy atom.